The van der Waals surface area contributed by atoms with E-state index in [-0.39, 0.29) is 28.4 Å². The van der Waals surface area contributed by atoms with Gasteiger partial charge in [0.05, 0.1) is 5.54 Å². The summed E-state index contributed by atoms with van der Waals surface area (Å²) in [5.41, 5.74) is 3.97. The molecule has 0 spiro atoms. The topological polar surface area (TPSA) is 226 Å². The Bertz CT molecular complexity index is 3950. The van der Waals surface area contributed by atoms with E-state index in [0.717, 1.165) is 92.1 Å². The molecule has 1 aliphatic rings. The zero-order valence-corrected chi connectivity index (χ0v) is 63.4. The third kappa shape index (κ3) is 29.3. The zero-order chi connectivity index (χ0) is 72.8. The smallest absolute Gasteiger partial charge is 0.339 e. The second kappa shape index (κ2) is 36.9. The fraction of sp³-hybridized carbons (Fsp3) is 0.263. The number of phenolic OH excluding ortho intramolecular Hbond substituents is 2. The molecular weight excluding hydrogens is 1370 g/mol. The molecule has 98 heavy (non-hydrogen) atoms. The summed E-state index contributed by atoms with van der Waals surface area (Å²) in [6.45, 7) is 28.3. The van der Waals surface area contributed by atoms with Crippen LogP contribution < -0.4 is 0 Å². The van der Waals surface area contributed by atoms with Crippen LogP contribution in [0.4, 0.5) is 0 Å². The van der Waals surface area contributed by atoms with Gasteiger partial charge in [-0.05, 0) is 189 Å². The first kappa shape index (κ1) is 80.9. The van der Waals surface area contributed by atoms with Crippen LogP contribution in [0, 0.1) is 20.8 Å². The number of hydroxylamine groups is 6. The van der Waals surface area contributed by atoms with E-state index < -0.39 is 28.1 Å². The summed E-state index contributed by atoms with van der Waals surface area (Å²) in [5, 5.41) is 96.5. The van der Waals surface area contributed by atoms with Gasteiger partial charge in [0.1, 0.15) is 22.8 Å². The van der Waals surface area contributed by atoms with Crippen LogP contribution in [0.5, 0.6) is 17.2 Å². The van der Waals surface area contributed by atoms with Crippen molar-refractivity contribution < 1.29 is 49.4 Å². The van der Waals surface area contributed by atoms with Gasteiger partial charge in [-0.25, -0.2) is 23.7 Å². The number of carboxylic acid groups (broad SMARTS) is 1. The quantitative estimate of drug-likeness (QED) is 0.0109. The highest BCUT2D eigenvalue weighted by Crippen LogP contribution is 2.41. The van der Waals surface area contributed by atoms with Gasteiger partial charge in [0, 0.05) is 152 Å². The maximum atomic E-state index is 12.0. The van der Waals surface area contributed by atoms with Crippen LogP contribution in [0.1, 0.15) is 148 Å². The van der Waals surface area contributed by atoms with Crippen LogP contribution in [0.3, 0.4) is 0 Å². The highest BCUT2D eigenvalue weighted by molar-refractivity contribution is 8.77. The molecule has 518 valence electrons. The summed E-state index contributed by atoms with van der Waals surface area (Å²) in [7, 11) is 9.55. The average molecular weight is 1460 g/mol. The predicted molar refractivity (Wildman–Crippen MR) is 418 cm³/mol. The van der Waals surface area contributed by atoms with E-state index in [1.165, 1.54) is 44.9 Å². The second-order valence-corrected chi connectivity index (χ2v) is 34.5. The number of aromatic hydroxyl groups is 3. The molecule has 0 fully saturated rings. The van der Waals surface area contributed by atoms with Gasteiger partial charge in [0.15, 0.2) is 47.0 Å². The Morgan fingerprint density at radius 3 is 0.949 bits per heavy atom. The highest BCUT2D eigenvalue weighted by Gasteiger charge is 2.22. The lowest BCUT2D eigenvalue weighted by Crippen LogP contribution is -2.34. The molecule has 0 bridgehead atoms. The molecule has 22 heteroatoms. The van der Waals surface area contributed by atoms with Gasteiger partial charge in [0.25, 0.3) is 0 Å². The van der Waals surface area contributed by atoms with Crippen molar-refractivity contribution in [2.45, 2.75) is 161 Å². The third-order valence-corrected chi connectivity index (χ3v) is 20.7. The molecule has 0 aliphatic heterocycles. The Labute approximate surface area is 606 Å². The largest absolute Gasteiger partial charge is 0.623 e. The van der Waals surface area contributed by atoms with Crippen molar-refractivity contribution in [3.8, 4) is 17.2 Å². The van der Waals surface area contributed by atoms with E-state index in [0.29, 0.717) is 0 Å². The maximum Gasteiger partial charge on any atom is 0.339 e. The van der Waals surface area contributed by atoms with Crippen LogP contribution in [-0.4, -0.2) is 113 Å². The monoisotopic (exact) mass is 1450 g/mol. The Hall–Kier alpha value is -7.80. The van der Waals surface area contributed by atoms with Crippen molar-refractivity contribution >= 4 is 125 Å². The summed E-state index contributed by atoms with van der Waals surface area (Å²) in [6.07, 6.45) is 19.3. The van der Waals surface area contributed by atoms with Crippen molar-refractivity contribution in [2.75, 3.05) is 0 Å². The molecule has 15 nitrogen and oxygen atoms in total. The molecule has 7 aromatic carbocycles. The minimum absolute atomic E-state index is 0.0360. The molecule has 0 unspecified atom stereocenters. The average Bonchev–Trinajstić information content (AvgIpc) is 0.915. The number of carbonyl (C=O) groups is 1. The van der Waals surface area contributed by atoms with E-state index in [9.17, 15) is 46.2 Å². The number of hydrogen-bond donors (Lipinski definition) is 5. The molecular formula is C76H87N5O10S7. The molecule has 0 saturated carbocycles. The Morgan fingerprint density at radius 1 is 0.398 bits per heavy atom. The lowest BCUT2D eigenvalue weighted by molar-refractivity contribution is -0.530. The van der Waals surface area contributed by atoms with Crippen molar-refractivity contribution in [3.63, 3.8) is 0 Å². The molecule has 0 aromatic heterocycles. The van der Waals surface area contributed by atoms with Crippen molar-refractivity contribution in [2.24, 2.45) is 0 Å². The maximum absolute atomic E-state index is 12.0. The van der Waals surface area contributed by atoms with Gasteiger partial charge in [-0.15, -0.1) is 0 Å². The molecule has 0 saturated heterocycles. The fourth-order valence-corrected chi connectivity index (χ4v) is 13.2. The summed E-state index contributed by atoms with van der Waals surface area (Å²) in [4.78, 5) is 17.9. The van der Waals surface area contributed by atoms with Gasteiger partial charge in [-0.3, -0.25) is 10.3 Å². The van der Waals surface area contributed by atoms with Gasteiger partial charge in [-0.2, -0.15) is 0 Å². The van der Waals surface area contributed by atoms with E-state index >= 15 is 0 Å². The second-order valence-electron chi connectivity index (χ2n) is 27.2. The van der Waals surface area contributed by atoms with Crippen LogP contribution in [0.25, 0.3) is 12.2 Å². The first-order valence-electron chi connectivity index (χ1n) is 30.9. The molecule has 0 amide bonds. The van der Waals surface area contributed by atoms with Gasteiger partial charge in [0.2, 0.25) is 0 Å². The van der Waals surface area contributed by atoms with Crippen LogP contribution in [0.15, 0.2) is 223 Å². The molecule has 1 aliphatic carbocycles. The van der Waals surface area contributed by atoms with Gasteiger partial charge < -0.3 is 41.3 Å². The summed E-state index contributed by atoms with van der Waals surface area (Å²) < 4.78 is 3.86. The highest BCUT2D eigenvalue weighted by atomic mass is 33.1. The number of hydrogen-bond acceptors (Lipinski definition) is 17. The summed E-state index contributed by atoms with van der Waals surface area (Å²) >= 11 is 4.97. The number of benzene rings is 7. The minimum atomic E-state index is -1.16. The lowest BCUT2D eigenvalue weighted by atomic mass is 10.1. The lowest BCUT2D eigenvalue weighted by Gasteiger charge is -2.28. The summed E-state index contributed by atoms with van der Waals surface area (Å²) in [6, 6.07) is 48.5. The first-order chi connectivity index (χ1) is 45.7. The molecule has 8 rings (SSSR count). The number of rotatable bonds is 17. The van der Waals surface area contributed by atoms with Crippen LogP contribution >= 0.6 is 77.0 Å². The molecule has 0 heterocycles. The standard InChI is InChI=1S/C25H25NO3S2.C22H28N2O2S2.C18H19NO4S2.C11H15NOS/c1-25(2,3)26(29)17-19-8-12-24(13-9-19)31-30-23-10-6-18(7-11-23)4-5-20-14-21(27)16-22(28)15-20;1-21(2,3)23(25)15-17-7-11-19(12-8-17)27-28-20-13-9-18(10-14-20)16-24(26)22(4,5)6;1-18(2,3)19(23)11-12-4-6-13(7-5-12)24-25-14-8-9-15(17(21)22)16(20)10-14;1-11(2,3)12(13)8-9-4-6-10(14)7-5-9/h4-17,27-28H,1-3H3;7-16H,1-6H3;4-11,20H,1-3H3,(H,21,22);4-8,13H,1-3H3/b5-4+,26-17?;;;. The number of nitrogens with zero attached hydrogens (tertiary/aromatic N) is 5. The van der Waals surface area contributed by atoms with E-state index in [1.54, 1.807) is 92.4 Å². The van der Waals surface area contributed by atoms with E-state index in [4.69, 9.17) is 17.3 Å². The third-order valence-electron chi connectivity index (χ3n) is 13.2. The zero-order valence-electron chi connectivity index (χ0n) is 57.7. The number of thiocarbonyl (C=S) groups is 1. The Morgan fingerprint density at radius 2 is 0.673 bits per heavy atom. The van der Waals surface area contributed by atoms with E-state index in [1.807, 2.05) is 250 Å². The van der Waals surface area contributed by atoms with Crippen molar-refractivity contribution in [1.82, 2.24) is 5.06 Å². The number of aromatic carboxylic acids is 1. The molecule has 0 atom stereocenters. The number of allylic oxidation sites excluding steroid dienone is 5. The Kier molecular flexibility index (Phi) is 30.4. The molecule has 7 aromatic rings. The minimum Gasteiger partial charge on any atom is -0.623 e. The van der Waals surface area contributed by atoms with Gasteiger partial charge in [-0.1, -0.05) is 113 Å². The number of phenols is 3. The molecule has 0 radical (unpaired) electrons. The first-order valence-corrected chi connectivity index (χ1v) is 37.7. The Balaban J connectivity index is 0.000000243. The van der Waals surface area contributed by atoms with Crippen molar-refractivity contribution in [1.29, 1.82) is 0 Å². The molecule has 5 N–H and O–H groups in total. The SMILES string of the molecule is CC(C)(C)N(O)C=C1C=CC(=S)C=C1.CC(C)(C)[N+]([O-])=Cc1ccc(SSc2ccc(/C=C/c3cc(O)cc(O)c3)cc2)cc1.CC(C)(C)[N+]([O-])=Cc1ccc(SSc2ccc(C(=O)O)c(O)c2)cc1.CC(C)(C)[N+]([O-])=Cc1ccc(SSc2ccc(C=[N+]([O-])C(C)(C)C)cc2)cc1. The van der Waals surface area contributed by atoms with Crippen LogP contribution in [0.2, 0.25) is 0 Å². The fourth-order valence-electron chi connectivity index (χ4n) is 7.22. The van der Waals surface area contributed by atoms with Gasteiger partial charge >= 0.3 is 5.97 Å². The van der Waals surface area contributed by atoms with Crippen LogP contribution in [-0.2, 0) is 0 Å². The van der Waals surface area contributed by atoms with E-state index in [2.05, 4.69) is 12.1 Å². The number of carboxylic acids is 1. The summed E-state index contributed by atoms with van der Waals surface area (Å²) in [5.74, 6) is -1.33. The predicted octanol–water partition coefficient (Wildman–Crippen LogP) is 20.2. The normalized spacial score (nSPS) is 13.2. The van der Waals surface area contributed by atoms with Crippen molar-refractivity contribution in [3.05, 3.63) is 254 Å².